The van der Waals surface area contributed by atoms with Crippen LogP contribution in [0, 0.1) is 6.92 Å². The van der Waals surface area contributed by atoms with Crippen LogP contribution in [-0.2, 0) is 0 Å². The summed E-state index contributed by atoms with van der Waals surface area (Å²) in [5.74, 6) is 0. The molecule has 0 saturated carbocycles. The highest BCUT2D eigenvalue weighted by Gasteiger charge is 2.17. The predicted molar refractivity (Wildman–Crippen MR) is 184 cm³/mol. The number of benzene rings is 4. The van der Waals surface area contributed by atoms with Crippen LogP contribution >= 0.6 is 0 Å². The van der Waals surface area contributed by atoms with Crippen molar-refractivity contribution in [3.63, 3.8) is 0 Å². The normalized spacial score (nSPS) is 13.5. The Labute approximate surface area is 252 Å². The maximum Gasteiger partial charge on any atom is 0.0467 e. The first-order chi connectivity index (χ1) is 20.5. The summed E-state index contributed by atoms with van der Waals surface area (Å²) >= 11 is 0. The van der Waals surface area contributed by atoms with E-state index in [2.05, 4.69) is 153 Å². The fraction of sp³-hybridized carbons (Fsp3) is 0.150. The Morgan fingerprint density at radius 1 is 0.762 bits per heavy atom. The molecule has 210 valence electrons. The molecule has 0 spiro atoms. The molecule has 0 radical (unpaired) electrons. The van der Waals surface area contributed by atoms with Crippen molar-refractivity contribution in [1.29, 1.82) is 0 Å². The van der Waals surface area contributed by atoms with Crippen LogP contribution in [0.2, 0.25) is 0 Å². The number of anilines is 4. The number of aryl methyl sites for hydroxylation is 1. The second-order valence-electron chi connectivity index (χ2n) is 10.7. The highest BCUT2D eigenvalue weighted by molar-refractivity contribution is 5.82. The predicted octanol–water partition coefficient (Wildman–Crippen LogP) is 11.3. The summed E-state index contributed by atoms with van der Waals surface area (Å²) in [7, 11) is 2.07. The molecule has 0 aliphatic heterocycles. The van der Waals surface area contributed by atoms with Gasteiger partial charge in [0, 0.05) is 35.5 Å². The minimum Gasteiger partial charge on any atom is -0.345 e. The average molecular weight is 549 g/mol. The SMILES string of the molecule is C=C/C(=C\C=C/C)N(C)c1ccc(-c2ccc(N(c3ccccc3)c3ccc(C)c(C4=C(C)C=CCC4)c3)cc2)cc1. The van der Waals surface area contributed by atoms with E-state index in [-0.39, 0.29) is 0 Å². The third-order valence-corrected chi connectivity index (χ3v) is 7.99. The molecular formula is C40H40N2. The molecule has 0 amide bonds. The fourth-order valence-corrected chi connectivity index (χ4v) is 5.57. The molecule has 4 aromatic carbocycles. The summed E-state index contributed by atoms with van der Waals surface area (Å²) in [6, 6.07) is 35.1. The van der Waals surface area contributed by atoms with Crippen LogP contribution in [-0.4, -0.2) is 7.05 Å². The Morgan fingerprint density at radius 2 is 1.38 bits per heavy atom. The highest BCUT2D eigenvalue weighted by Crippen LogP contribution is 2.39. The number of likely N-dealkylation sites (N-methyl/N-ethyl adjacent to an activating group) is 1. The summed E-state index contributed by atoms with van der Waals surface area (Å²) in [4.78, 5) is 4.50. The summed E-state index contributed by atoms with van der Waals surface area (Å²) in [5, 5.41) is 0. The highest BCUT2D eigenvalue weighted by atomic mass is 15.1. The second-order valence-corrected chi connectivity index (χ2v) is 10.7. The molecule has 0 aromatic heterocycles. The van der Waals surface area contributed by atoms with Gasteiger partial charge in [-0.15, -0.1) is 0 Å². The molecule has 0 N–H and O–H groups in total. The van der Waals surface area contributed by atoms with Crippen LogP contribution in [0.15, 0.2) is 151 Å². The van der Waals surface area contributed by atoms with E-state index in [0.29, 0.717) is 0 Å². The third kappa shape index (κ3) is 6.24. The van der Waals surface area contributed by atoms with E-state index in [9.17, 15) is 0 Å². The standard InChI is InChI=1S/C40H40N2/c1-6-8-15-34(7-2)41(5)35-25-20-32(21-26-35)33-22-27-37(28-23-33)42(36-16-10-9-11-17-36)38-24-19-31(4)40(29-38)39-18-13-12-14-30(39)3/h6-12,14-17,19-29H,2,13,18H2,1,3-5H3/b8-6-,34-15+. The zero-order valence-electron chi connectivity index (χ0n) is 25.2. The largest absolute Gasteiger partial charge is 0.345 e. The molecular weight excluding hydrogens is 508 g/mol. The molecule has 2 nitrogen and oxygen atoms in total. The Hall–Kier alpha value is -4.82. The summed E-state index contributed by atoms with van der Waals surface area (Å²) in [5.41, 5.74) is 13.5. The molecule has 0 atom stereocenters. The lowest BCUT2D eigenvalue weighted by atomic mass is 9.89. The minimum atomic E-state index is 1.05. The minimum absolute atomic E-state index is 1.05. The molecule has 1 aliphatic rings. The van der Waals surface area contributed by atoms with E-state index in [4.69, 9.17) is 0 Å². The molecule has 0 saturated heterocycles. The quantitative estimate of drug-likeness (QED) is 0.192. The van der Waals surface area contributed by atoms with Crippen LogP contribution in [0.3, 0.4) is 0 Å². The van der Waals surface area contributed by atoms with Gasteiger partial charge in [0.05, 0.1) is 0 Å². The average Bonchev–Trinajstić information content (AvgIpc) is 3.03. The number of hydrogen-bond donors (Lipinski definition) is 0. The molecule has 2 heteroatoms. The molecule has 5 rings (SSSR count). The third-order valence-electron chi connectivity index (χ3n) is 7.99. The molecule has 1 aliphatic carbocycles. The Bertz CT molecular complexity index is 1650. The van der Waals surface area contributed by atoms with Crippen molar-refractivity contribution in [1.82, 2.24) is 0 Å². The Kier molecular flexibility index (Phi) is 9.04. The molecule has 4 aromatic rings. The lowest BCUT2D eigenvalue weighted by Crippen LogP contribution is -2.14. The van der Waals surface area contributed by atoms with Gasteiger partial charge >= 0.3 is 0 Å². The van der Waals surface area contributed by atoms with Crippen molar-refractivity contribution in [2.24, 2.45) is 0 Å². The molecule has 0 bridgehead atoms. The van der Waals surface area contributed by atoms with Gasteiger partial charge in [0.1, 0.15) is 0 Å². The Morgan fingerprint density at radius 3 is 2.00 bits per heavy atom. The van der Waals surface area contributed by atoms with Gasteiger partial charge in [-0.25, -0.2) is 0 Å². The maximum absolute atomic E-state index is 3.98. The summed E-state index contributed by atoms with van der Waals surface area (Å²) in [6.45, 7) is 10.4. The van der Waals surface area contributed by atoms with Crippen LogP contribution in [0.4, 0.5) is 22.7 Å². The maximum atomic E-state index is 3.98. The van der Waals surface area contributed by atoms with Crippen LogP contribution in [0.1, 0.15) is 37.8 Å². The van der Waals surface area contributed by atoms with Gasteiger partial charge in [-0.2, -0.15) is 0 Å². The van der Waals surface area contributed by atoms with E-state index in [1.54, 1.807) is 0 Å². The van der Waals surface area contributed by atoms with E-state index in [1.807, 2.05) is 25.2 Å². The Balaban J connectivity index is 1.47. The van der Waals surface area contributed by atoms with E-state index >= 15 is 0 Å². The molecule has 42 heavy (non-hydrogen) atoms. The first-order valence-corrected chi connectivity index (χ1v) is 14.7. The lowest BCUT2D eigenvalue weighted by Gasteiger charge is -2.27. The smallest absolute Gasteiger partial charge is 0.0467 e. The number of para-hydroxylation sites is 1. The summed E-state index contributed by atoms with van der Waals surface area (Å²) in [6.07, 6.45) is 14.7. The van der Waals surface area contributed by atoms with E-state index < -0.39 is 0 Å². The van der Waals surface area contributed by atoms with Gasteiger partial charge < -0.3 is 9.80 Å². The van der Waals surface area contributed by atoms with Gasteiger partial charge in [-0.05, 0) is 128 Å². The van der Waals surface area contributed by atoms with Crippen LogP contribution in [0.25, 0.3) is 16.7 Å². The number of rotatable bonds is 9. The zero-order valence-corrected chi connectivity index (χ0v) is 25.2. The van der Waals surface area contributed by atoms with E-state index in [1.165, 1.54) is 39.1 Å². The van der Waals surface area contributed by atoms with Gasteiger partial charge in [0.15, 0.2) is 0 Å². The molecule has 0 fully saturated rings. The lowest BCUT2D eigenvalue weighted by molar-refractivity contribution is 1.03. The van der Waals surface area contributed by atoms with Gasteiger partial charge in [-0.3, -0.25) is 0 Å². The van der Waals surface area contributed by atoms with Gasteiger partial charge in [0.25, 0.3) is 0 Å². The molecule has 0 heterocycles. The number of hydrogen-bond acceptors (Lipinski definition) is 2. The fourth-order valence-electron chi connectivity index (χ4n) is 5.57. The number of nitrogens with zero attached hydrogens (tertiary/aromatic N) is 2. The van der Waals surface area contributed by atoms with Crippen LogP contribution in [0.5, 0.6) is 0 Å². The van der Waals surface area contributed by atoms with Gasteiger partial charge in [0.2, 0.25) is 0 Å². The van der Waals surface area contributed by atoms with E-state index in [0.717, 1.165) is 35.6 Å². The monoisotopic (exact) mass is 548 g/mol. The molecule has 0 unspecified atom stereocenters. The first kappa shape index (κ1) is 28.7. The van der Waals surface area contributed by atoms with Crippen molar-refractivity contribution in [3.05, 3.63) is 162 Å². The van der Waals surface area contributed by atoms with Crippen LogP contribution < -0.4 is 9.80 Å². The topological polar surface area (TPSA) is 6.48 Å². The van der Waals surface area contributed by atoms with Crippen molar-refractivity contribution in [2.75, 3.05) is 16.8 Å². The van der Waals surface area contributed by atoms with Crippen molar-refractivity contribution in [3.8, 4) is 11.1 Å². The number of allylic oxidation sites excluding steroid dienone is 8. The van der Waals surface area contributed by atoms with Crippen molar-refractivity contribution in [2.45, 2.75) is 33.6 Å². The second kappa shape index (κ2) is 13.2. The van der Waals surface area contributed by atoms with Crippen molar-refractivity contribution >= 4 is 28.3 Å². The summed E-state index contributed by atoms with van der Waals surface area (Å²) < 4.78 is 0. The van der Waals surface area contributed by atoms with Crippen molar-refractivity contribution < 1.29 is 0 Å². The zero-order chi connectivity index (χ0) is 29.5. The first-order valence-electron chi connectivity index (χ1n) is 14.7. The van der Waals surface area contributed by atoms with Gasteiger partial charge in [-0.1, -0.05) is 79.4 Å².